The Morgan fingerprint density at radius 2 is 1.64 bits per heavy atom. The minimum absolute atomic E-state index is 0.138. The number of nitrogens with one attached hydrogen (secondary N) is 1. The molecular formula is C22H21NO4S. The van der Waals surface area contributed by atoms with Gasteiger partial charge in [-0.15, -0.1) is 0 Å². The summed E-state index contributed by atoms with van der Waals surface area (Å²) in [5, 5.41) is 3.29. The molecule has 0 radical (unpaired) electrons. The predicted molar refractivity (Wildman–Crippen MR) is 107 cm³/mol. The molecule has 1 atom stereocenters. The summed E-state index contributed by atoms with van der Waals surface area (Å²) in [5.74, 6) is -0.887. The van der Waals surface area contributed by atoms with Gasteiger partial charge in [-0.05, 0) is 42.7 Å². The van der Waals surface area contributed by atoms with Gasteiger partial charge in [0.1, 0.15) is 0 Å². The molecule has 1 N–H and O–H groups in total. The first-order valence-electron chi connectivity index (χ1n) is 8.77. The van der Waals surface area contributed by atoms with Crippen molar-refractivity contribution in [2.24, 2.45) is 0 Å². The number of hydrogen-bond donors (Lipinski definition) is 1. The molecule has 28 heavy (non-hydrogen) atoms. The van der Waals surface area contributed by atoms with Gasteiger partial charge in [0.2, 0.25) is 0 Å². The summed E-state index contributed by atoms with van der Waals surface area (Å²) in [6.07, 6.45) is 0. The average molecular weight is 395 g/mol. The highest BCUT2D eigenvalue weighted by Crippen LogP contribution is 2.34. The van der Waals surface area contributed by atoms with Crippen molar-refractivity contribution >= 4 is 23.6 Å². The van der Waals surface area contributed by atoms with Crippen LogP contribution in [-0.2, 0) is 9.53 Å². The van der Waals surface area contributed by atoms with Crippen LogP contribution in [0.1, 0.15) is 33.3 Å². The molecule has 1 amide bonds. The Hall–Kier alpha value is -2.99. The molecule has 1 unspecified atom stereocenters. The monoisotopic (exact) mass is 395 g/mol. The number of carbonyl (C=O) groups excluding carboxylic acids is 2. The molecule has 2 aromatic carbocycles. The van der Waals surface area contributed by atoms with E-state index in [2.05, 4.69) is 5.32 Å². The van der Waals surface area contributed by atoms with E-state index in [9.17, 15) is 9.59 Å². The zero-order valence-corrected chi connectivity index (χ0v) is 16.7. The molecule has 144 valence electrons. The Labute approximate surface area is 168 Å². The van der Waals surface area contributed by atoms with Crippen molar-refractivity contribution in [1.82, 2.24) is 5.32 Å². The van der Waals surface area contributed by atoms with Crippen molar-refractivity contribution in [2.75, 3.05) is 7.11 Å². The molecule has 6 heteroatoms. The molecule has 1 heterocycles. The fourth-order valence-electron chi connectivity index (χ4n) is 2.80. The summed E-state index contributed by atoms with van der Waals surface area (Å²) < 4.78 is 10.5. The van der Waals surface area contributed by atoms with Crippen LogP contribution in [0.15, 0.2) is 75.1 Å². The lowest BCUT2D eigenvalue weighted by Gasteiger charge is -2.16. The number of ether oxygens (including phenoxy) is 1. The summed E-state index contributed by atoms with van der Waals surface area (Å²) in [4.78, 5) is 25.9. The van der Waals surface area contributed by atoms with Crippen LogP contribution < -0.4 is 5.32 Å². The number of methoxy groups -OCH3 is 1. The zero-order valence-electron chi connectivity index (χ0n) is 15.9. The summed E-state index contributed by atoms with van der Waals surface area (Å²) >= 11 is 1.47. The SMILES string of the molecule is COC(=O)C(NC(=O)c1ccc(Sc2c(C)cccc2C)o1)c1ccccc1. The minimum Gasteiger partial charge on any atom is -0.467 e. The van der Waals surface area contributed by atoms with Gasteiger partial charge in [0.05, 0.1) is 7.11 Å². The first-order valence-corrected chi connectivity index (χ1v) is 9.59. The molecule has 0 spiro atoms. The maximum Gasteiger partial charge on any atom is 0.333 e. The molecule has 0 saturated carbocycles. The van der Waals surface area contributed by atoms with E-state index in [1.54, 1.807) is 36.4 Å². The highest BCUT2D eigenvalue weighted by atomic mass is 32.2. The zero-order chi connectivity index (χ0) is 20.1. The third-order valence-electron chi connectivity index (χ3n) is 4.26. The predicted octanol–water partition coefficient (Wildman–Crippen LogP) is 4.69. The van der Waals surface area contributed by atoms with E-state index in [-0.39, 0.29) is 5.76 Å². The van der Waals surface area contributed by atoms with Gasteiger partial charge < -0.3 is 14.5 Å². The normalized spacial score (nSPS) is 11.7. The molecule has 3 rings (SSSR count). The van der Waals surface area contributed by atoms with E-state index in [1.165, 1.54) is 18.9 Å². The van der Waals surface area contributed by atoms with Gasteiger partial charge in [-0.1, -0.05) is 60.3 Å². The van der Waals surface area contributed by atoms with Gasteiger partial charge in [0.25, 0.3) is 5.91 Å². The Morgan fingerprint density at radius 1 is 0.964 bits per heavy atom. The van der Waals surface area contributed by atoms with E-state index in [1.807, 2.05) is 38.1 Å². The van der Waals surface area contributed by atoms with E-state index in [0.717, 1.165) is 16.0 Å². The molecule has 0 saturated heterocycles. The maximum atomic E-state index is 12.6. The highest BCUT2D eigenvalue weighted by molar-refractivity contribution is 7.99. The minimum atomic E-state index is -0.904. The lowest BCUT2D eigenvalue weighted by atomic mass is 10.1. The number of hydrogen-bond acceptors (Lipinski definition) is 5. The van der Waals surface area contributed by atoms with Gasteiger partial charge in [-0.2, -0.15) is 0 Å². The molecule has 3 aromatic rings. The summed E-state index contributed by atoms with van der Waals surface area (Å²) in [6, 6.07) is 17.5. The smallest absolute Gasteiger partial charge is 0.333 e. The highest BCUT2D eigenvalue weighted by Gasteiger charge is 2.25. The second kappa shape index (κ2) is 8.80. The number of esters is 1. The number of amides is 1. The largest absolute Gasteiger partial charge is 0.467 e. The third kappa shape index (κ3) is 4.46. The lowest BCUT2D eigenvalue weighted by molar-refractivity contribution is -0.143. The molecular weight excluding hydrogens is 374 g/mol. The average Bonchev–Trinajstić information content (AvgIpc) is 3.18. The number of furan rings is 1. The second-order valence-corrected chi connectivity index (χ2v) is 7.30. The van der Waals surface area contributed by atoms with Crippen molar-refractivity contribution in [3.05, 3.63) is 83.1 Å². The number of rotatable bonds is 6. The van der Waals surface area contributed by atoms with E-state index >= 15 is 0 Å². The van der Waals surface area contributed by atoms with Crippen LogP contribution in [0.4, 0.5) is 0 Å². The molecule has 0 aliphatic carbocycles. The van der Waals surface area contributed by atoms with Crippen LogP contribution in [0.25, 0.3) is 0 Å². The molecule has 5 nitrogen and oxygen atoms in total. The van der Waals surface area contributed by atoms with Gasteiger partial charge >= 0.3 is 5.97 Å². The van der Waals surface area contributed by atoms with Gasteiger partial charge in [-0.3, -0.25) is 4.79 Å². The molecule has 1 aromatic heterocycles. The number of aryl methyl sites for hydroxylation is 2. The lowest BCUT2D eigenvalue weighted by Crippen LogP contribution is -2.34. The molecule has 0 aliphatic heterocycles. The van der Waals surface area contributed by atoms with Crippen LogP contribution in [-0.4, -0.2) is 19.0 Å². The first-order chi connectivity index (χ1) is 13.5. The third-order valence-corrected chi connectivity index (χ3v) is 5.53. The number of benzene rings is 2. The quantitative estimate of drug-likeness (QED) is 0.613. The van der Waals surface area contributed by atoms with Gasteiger partial charge in [-0.25, -0.2) is 4.79 Å². The standard InChI is InChI=1S/C22H21NO4S/c1-14-8-7-9-15(2)20(14)28-18-13-12-17(27-18)21(24)23-19(22(25)26-3)16-10-5-4-6-11-16/h4-13,19H,1-3H3,(H,23,24). The Morgan fingerprint density at radius 3 is 2.29 bits per heavy atom. The Bertz CT molecular complexity index is 961. The summed E-state index contributed by atoms with van der Waals surface area (Å²) in [6.45, 7) is 4.07. The first kappa shape index (κ1) is 19.8. The molecule has 0 fully saturated rings. The van der Waals surface area contributed by atoms with E-state index in [0.29, 0.717) is 10.7 Å². The van der Waals surface area contributed by atoms with Crippen molar-refractivity contribution < 1.29 is 18.7 Å². The fourth-order valence-corrected chi connectivity index (χ4v) is 3.73. The number of carbonyl (C=O) groups is 2. The van der Waals surface area contributed by atoms with Crippen LogP contribution in [0.2, 0.25) is 0 Å². The van der Waals surface area contributed by atoms with Crippen LogP contribution >= 0.6 is 11.8 Å². The molecule has 0 aliphatic rings. The maximum absolute atomic E-state index is 12.6. The second-order valence-electron chi connectivity index (χ2n) is 6.28. The summed E-state index contributed by atoms with van der Waals surface area (Å²) in [5.41, 5.74) is 2.92. The Kier molecular flexibility index (Phi) is 6.21. The van der Waals surface area contributed by atoms with Crippen LogP contribution in [0.5, 0.6) is 0 Å². The van der Waals surface area contributed by atoms with Gasteiger partial charge in [0, 0.05) is 4.90 Å². The van der Waals surface area contributed by atoms with E-state index < -0.39 is 17.9 Å². The molecule has 0 bridgehead atoms. The topological polar surface area (TPSA) is 68.5 Å². The van der Waals surface area contributed by atoms with Crippen molar-refractivity contribution in [1.29, 1.82) is 0 Å². The Balaban J connectivity index is 1.77. The van der Waals surface area contributed by atoms with Crippen molar-refractivity contribution in [3.63, 3.8) is 0 Å². The van der Waals surface area contributed by atoms with Gasteiger partial charge in [0.15, 0.2) is 16.9 Å². The van der Waals surface area contributed by atoms with Crippen LogP contribution in [0, 0.1) is 13.8 Å². The fraction of sp³-hybridized carbons (Fsp3) is 0.182. The summed E-state index contributed by atoms with van der Waals surface area (Å²) in [7, 11) is 1.29. The van der Waals surface area contributed by atoms with Crippen molar-refractivity contribution in [3.8, 4) is 0 Å². The van der Waals surface area contributed by atoms with E-state index in [4.69, 9.17) is 9.15 Å². The van der Waals surface area contributed by atoms with Crippen LogP contribution in [0.3, 0.4) is 0 Å². The van der Waals surface area contributed by atoms with Crippen molar-refractivity contribution in [2.45, 2.75) is 29.9 Å².